The zero-order chi connectivity index (χ0) is 16.3. The van der Waals surface area contributed by atoms with E-state index in [0.717, 1.165) is 5.56 Å². The van der Waals surface area contributed by atoms with Gasteiger partial charge in [-0.3, -0.25) is 4.79 Å². The number of rotatable bonds is 3. The predicted molar refractivity (Wildman–Crippen MR) is 82.0 cm³/mol. The molecule has 0 aromatic heterocycles. The molecule has 1 aliphatic heterocycles. The molecule has 2 atom stereocenters. The molecule has 1 aromatic carbocycles. The molecule has 5 nitrogen and oxygen atoms in total. The molecule has 0 aliphatic carbocycles. The van der Waals surface area contributed by atoms with Crippen LogP contribution < -0.4 is 5.32 Å². The summed E-state index contributed by atoms with van der Waals surface area (Å²) in [5.41, 5.74) is 0.748. The van der Waals surface area contributed by atoms with Crippen molar-refractivity contribution in [1.29, 1.82) is 0 Å². The Bertz CT molecular complexity index is 592. The van der Waals surface area contributed by atoms with Crippen LogP contribution in [0, 0.1) is 5.92 Å². The summed E-state index contributed by atoms with van der Waals surface area (Å²) in [6.45, 7) is 3.82. The summed E-state index contributed by atoms with van der Waals surface area (Å²) in [5, 5.41) is 3.13. The fourth-order valence-corrected chi connectivity index (χ4v) is 2.93. The summed E-state index contributed by atoms with van der Waals surface area (Å²) in [6, 6.07) is 9.46. The van der Waals surface area contributed by atoms with Crippen LogP contribution in [0.25, 0.3) is 0 Å². The second-order valence-corrected chi connectivity index (χ2v) is 5.85. The molecule has 0 bridgehead atoms. The van der Waals surface area contributed by atoms with Gasteiger partial charge in [-0.1, -0.05) is 30.3 Å². The largest absolute Gasteiger partial charge is 0.469 e. The molecule has 0 radical (unpaired) electrons. The average Bonchev–Trinajstić information content (AvgIpc) is 2.53. The second kappa shape index (κ2) is 6.22. The molecule has 1 N–H and O–H groups in total. The van der Waals surface area contributed by atoms with Gasteiger partial charge in [0.2, 0.25) is 0 Å². The Kier molecular flexibility index (Phi) is 4.54. The molecule has 0 fully saturated rings. The number of carbonyl (C=O) groups excluding carboxylic acids is 2. The van der Waals surface area contributed by atoms with Gasteiger partial charge in [0.05, 0.1) is 25.7 Å². The third-order valence-corrected chi connectivity index (χ3v) is 4.08. The zero-order valence-electron chi connectivity index (χ0n) is 13.3. The van der Waals surface area contributed by atoms with Crippen molar-refractivity contribution in [3.63, 3.8) is 0 Å². The minimum absolute atomic E-state index is 0.360. The molecule has 1 aliphatic rings. The summed E-state index contributed by atoms with van der Waals surface area (Å²) < 4.78 is 9.85. The van der Waals surface area contributed by atoms with E-state index in [2.05, 4.69) is 5.32 Å². The summed E-state index contributed by atoms with van der Waals surface area (Å²) in [7, 11) is 2.69. The van der Waals surface area contributed by atoms with Crippen molar-refractivity contribution in [1.82, 2.24) is 5.32 Å². The standard InChI is InChI=1S/C17H21NO4/c1-17(2)14(16(20)22-4)13(11-8-6-5-7-9-11)12(10-18-17)15(19)21-3/h5-10,13-14,18H,1-4H3. The molecule has 0 spiro atoms. The lowest BCUT2D eigenvalue weighted by Gasteiger charge is -2.42. The van der Waals surface area contributed by atoms with E-state index in [0.29, 0.717) is 5.57 Å². The first kappa shape index (κ1) is 16.1. The molecule has 2 rings (SSSR count). The van der Waals surface area contributed by atoms with E-state index >= 15 is 0 Å². The number of hydrogen-bond donors (Lipinski definition) is 1. The van der Waals surface area contributed by atoms with Gasteiger partial charge in [0.15, 0.2) is 0 Å². The molecule has 2 unspecified atom stereocenters. The van der Waals surface area contributed by atoms with Gasteiger partial charge < -0.3 is 14.8 Å². The Morgan fingerprint density at radius 1 is 1.09 bits per heavy atom. The highest BCUT2D eigenvalue weighted by atomic mass is 16.5. The minimum atomic E-state index is -0.550. The molecule has 0 saturated heterocycles. The highest BCUT2D eigenvalue weighted by Gasteiger charge is 2.48. The van der Waals surface area contributed by atoms with Gasteiger partial charge in [-0.25, -0.2) is 4.79 Å². The molecular weight excluding hydrogens is 282 g/mol. The van der Waals surface area contributed by atoms with Crippen LogP contribution in [0.15, 0.2) is 42.1 Å². The van der Waals surface area contributed by atoms with E-state index in [1.165, 1.54) is 14.2 Å². The number of benzene rings is 1. The van der Waals surface area contributed by atoms with Crippen LogP contribution in [0.2, 0.25) is 0 Å². The normalized spacial score (nSPS) is 23.0. The van der Waals surface area contributed by atoms with E-state index in [-0.39, 0.29) is 5.97 Å². The summed E-state index contributed by atoms with van der Waals surface area (Å²) in [4.78, 5) is 24.5. The number of nitrogens with one attached hydrogen (secondary N) is 1. The van der Waals surface area contributed by atoms with Crippen LogP contribution in [-0.2, 0) is 19.1 Å². The van der Waals surface area contributed by atoms with Gasteiger partial charge in [0, 0.05) is 17.7 Å². The number of esters is 2. The molecule has 22 heavy (non-hydrogen) atoms. The number of carbonyl (C=O) groups is 2. The average molecular weight is 303 g/mol. The summed E-state index contributed by atoms with van der Waals surface area (Å²) in [5.74, 6) is -1.78. The maximum Gasteiger partial charge on any atom is 0.335 e. The first-order chi connectivity index (χ1) is 10.4. The van der Waals surface area contributed by atoms with Crippen LogP contribution in [0.1, 0.15) is 25.3 Å². The smallest absolute Gasteiger partial charge is 0.335 e. The molecule has 0 saturated carbocycles. The van der Waals surface area contributed by atoms with Crippen molar-refractivity contribution >= 4 is 11.9 Å². The van der Waals surface area contributed by atoms with E-state index in [1.54, 1.807) is 6.20 Å². The van der Waals surface area contributed by atoms with Crippen LogP contribution in [0.5, 0.6) is 0 Å². The van der Waals surface area contributed by atoms with E-state index in [1.807, 2.05) is 44.2 Å². The van der Waals surface area contributed by atoms with Crippen molar-refractivity contribution < 1.29 is 19.1 Å². The predicted octanol–water partition coefficient (Wildman–Crippen LogP) is 2.00. The Balaban J connectivity index is 2.59. The first-order valence-electron chi connectivity index (χ1n) is 7.11. The minimum Gasteiger partial charge on any atom is -0.469 e. The van der Waals surface area contributed by atoms with E-state index in [4.69, 9.17) is 9.47 Å². The zero-order valence-corrected chi connectivity index (χ0v) is 13.3. The molecular formula is C17H21NO4. The van der Waals surface area contributed by atoms with Crippen LogP contribution in [0.3, 0.4) is 0 Å². The van der Waals surface area contributed by atoms with Gasteiger partial charge in [-0.15, -0.1) is 0 Å². The van der Waals surface area contributed by atoms with Crippen LogP contribution in [0.4, 0.5) is 0 Å². The lowest BCUT2D eigenvalue weighted by Crippen LogP contribution is -2.54. The van der Waals surface area contributed by atoms with E-state index < -0.39 is 23.3 Å². The highest BCUT2D eigenvalue weighted by molar-refractivity contribution is 5.92. The monoisotopic (exact) mass is 303 g/mol. The maximum absolute atomic E-state index is 12.4. The quantitative estimate of drug-likeness (QED) is 0.865. The molecule has 1 aromatic rings. The number of ether oxygens (including phenoxy) is 2. The van der Waals surface area contributed by atoms with Gasteiger partial charge >= 0.3 is 11.9 Å². The third-order valence-electron chi connectivity index (χ3n) is 4.08. The third kappa shape index (κ3) is 2.84. The van der Waals surface area contributed by atoms with Crippen molar-refractivity contribution in [2.45, 2.75) is 25.3 Å². The van der Waals surface area contributed by atoms with Crippen LogP contribution >= 0.6 is 0 Å². The van der Waals surface area contributed by atoms with Crippen molar-refractivity contribution in [2.24, 2.45) is 5.92 Å². The van der Waals surface area contributed by atoms with Crippen molar-refractivity contribution in [3.8, 4) is 0 Å². The van der Waals surface area contributed by atoms with Gasteiger partial charge in [-0.05, 0) is 19.4 Å². The maximum atomic E-state index is 12.4. The fourth-order valence-electron chi connectivity index (χ4n) is 2.93. The van der Waals surface area contributed by atoms with Gasteiger partial charge in [-0.2, -0.15) is 0 Å². The topological polar surface area (TPSA) is 64.6 Å². The van der Waals surface area contributed by atoms with E-state index in [9.17, 15) is 9.59 Å². The van der Waals surface area contributed by atoms with Gasteiger partial charge in [0.25, 0.3) is 0 Å². The highest BCUT2D eigenvalue weighted by Crippen LogP contribution is 2.42. The Morgan fingerprint density at radius 2 is 1.73 bits per heavy atom. The number of hydrogen-bond acceptors (Lipinski definition) is 5. The lowest BCUT2D eigenvalue weighted by molar-refractivity contribution is -0.149. The van der Waals surface area contributed by atoms with Gasteiger partial charge in [0.1, 0.15) is 0 Å². The lowest BCUT2D eigenvalue weighted by atomic mass is 9.69. The second-order valence-electron chi connectivity index (χ2n) is 5.85. The molecule has 5 heteroatoms. The van der Waals surface area contributed by atoms with Crippen LogP contribution in [-0.4, -0.2) is 31.7 Å². The summed E-state index contributed by atoms with van der Waals surface area (Å²) >= 11 is 0. The Hall–Kier alpha value is -2.30. The Morgan fingerprint density at radius 3 is 2.27 bits per heavy atom. The fraction of sp³-hybridized carbons (Fsp3) is 0.412. The number of methoxy groups -OCH3 is 2. The van der Waals surface area contributed by atoms with Crippen molar-refractivity contribution in [2.75, 3.05) is 14.2 Å². The molecule has 1 heterocycles. The molecule has 0 amide bonds. The van der Waals surface area contributed by atoms with Crippen molar-refractivity contribution in [3.05, 3.63) is 47.7 Å². The summed E-state index contributed by atoms with van der Waals surface area (Å²) in [6.07, 6.45) is 1.64. The Labute approximate surface area is 130 Å². The first-order valence-corrected chi connectivity index (χ1v) is 7.11. The molecule has 118 valence electrons. The SMILES string of the molecule is COC(=O)C1=CNC(C)(C)C(C(=O)OC)C1c1ccccc1.